The van der Waals surface area contributed by atoms with Crippen molar-refractivity contribution in [2.75, 3.05) is 0 Å². The van der Waals surface area contributed by atoms with E-state index in [4.69, 9.17) is 9.51 Å². The van der Waals surface area contributed by atoms with Crippen molar-refractivity contribution in [1.29, 1.82) is 0 Å². The Kier molecular flexibility index (Phi) is 6.70. The maximum absolute atomic E-state index is 13.2. The first-order valence-corrected chi connectivity index (χ1v) is 12.1. The molecule has 2 aromatic heterocycles. The molecule has 2 atom stereocenters. The number of fused-ring (bicyclic) bond motifs is 1. The molecule has 170 valence electrons. The van der Waals surface area contributed by atoms with Crippen LogP contribution in [0.5, 0.6) is 0 Å². The molecule has 0 aliphatic rings. The summed E-state index contributed by atoms with van der Waals surface area (Å²) in [6.07, 6.45) is 2.32. The summed E-state index contributed by atoms with van der Waals surface area (Å²) in [4.78, 5) is 4.78. The van der Waals surface area contributed by atoms with Crippen LogP contribution in [-0.2, 0) is 17.8 Å². The van der Waals surface area contributed by atoms with E-state index in [1.54, 1.807) is 6.08 Å². The van der Waals surface area contributed by atoms with E-state index in [9.17, 15) is 4.55 Å². The number of hydrogen-bond donors (Lipinski definition) is 1. The predicted molar refractivity (Wildman–Crippen MR) is 136 cm³/mol. The Hall–Kier alpha value is -2.93. The van der Waals surface area contributed by atoms with Crippen molar-refractivity contribution >= 4 is 28.4 Å². The van der Waals surface area contributed by atoms with Gasteiger partial charge in [0.25, 0.3) is 0 Å². The molecule has 4 rings (SSSR count). The highest BCUT2D eigenvalue weighted by molar-refractivity contribution is 7.90. The normalized spacial score (nSPS) is 13.7. The molecule has 6 heteroatoms. The fourth-order valence-electron chi connectivity index (χ4n) is 3.72. The Bertz CT molecular complexity index is 1280. The Labute approximate surface area is 198 Å². The molecule has 1 N–H and O–H groups in total. The smallest absolute Gasteiger partial charge is 0.167 e. The molecule has 5 nitrogen and oxygen atoms in total. The molecule has 0 saturated heterocycles. The number of nitrogens with one attached hydrogen (secondary N) is 1. The molecule has 0 bridgehead atoms. The molecule has 0 radical (unpaired) electrons. The maximum Gasteiger partial charge on any atom is 0.167 e. The van der Waals surface area contributed by atoms with E-state index >= 15 is 0 Å². The van der Waals surface area contributed by atoms with Crippen LogP contribution in [-0.4, -0.2) is 19.4 Å². The lowest BCUT2D eigenvalue weighted by molar-refractivity contribution is 0.459. The number of hydrogen-bond acceptors (Lipinski definition) is 5. The first kappa shape index (κ1) is 23.2. The molecular formula is C27H29N3O2S. The minimum atomic E-state index is -1.28. The number of benzene rings is 2. The van der Waals surface area contributed by atoms with Crippen molar-refractivity contribution < 1.29 is 9.08 Å². The van der Waals surface area contributed by atoms with Crippen molar-refractivity contribution in [1.82, 2.24) is 14.9 Å². The van der Waals surface area contributed by atoms with Gasteiger partial charge in [-0.3, -0.25) is 4.98 Å². The zero-order valence-corrected chi connectivity index (χ0v) is 20.3. The molecule has 0 amide bonds. The number of nitrogens with zero attached hydrogens (tertiary/aromatic N) is 2. The SMILES string of the molecule is C=Cc1ccc(C)c(CC(N[S+]([O-])C(C)(C)C)c2ccccc2-c2noc3ccccc23)n1. The number of pyridine rings is 1. The van der Waals surface area contributed by atoms with Gasteiger partial charge in [-0.25, -0.2) is 0 Å². The van der Waals surface area contributed by atoms with Gasteiger partial charge < -0.3 is 9.08 Å². The van der Waals surface area contributed by atoms with Crippen LogP contribution in [0.1, 0.15) is 49.3 Å². The molecule has 0 aliphatic carbocycles. The molecule has 4 aromatic rings. The van der Waals surface area contributed by atoms with Crippen molar-refractivity contribution in [3.8, 4) is 11.3 Å². The third-order valence-corrected chi connectivity index (χ3v) is 7.22. The average molecular weight is 460 g/mol. The second-order valence-corrected chi connectivity index (χ2v) is 11.1. The molecule has 0 aliphatic heterocycles. The standard InChI is InChI=1S/C27H29N3O2S/c1-6-19-16-15-18(2)23(28-19)17-24(30-33(31)27(3,4)5)20-11-7-8-12-21(20)26-22-13-9-10-14-25(22)32-29-26/h6-16,24,30H,1,17H2,2-5H3. The fourth-order valence-corrected chi connectivity index (χ4v) is 4.54. The minimum Gasteiger partial charge on any atom is -0.598 e. The van der Waals surface area contributed by atoms with Crippen molar-refractivity contribution in [3.05, 3.63) is 89.8 Å². The number of aryl methyl sites for hydroxylation is 1. The molecular weight excluding hydrogens is 430 g/mol. The summed E-state index contributed by atoms with van der Waals surface area (Å²) in [7, 11) is 0. The summed E-state index contributed by atoms with van der Waals surface area (Å²) in [5.74, 6) is 0. The van der Waals surface area contributed by atoms with E-state index in [2.05, 4.69) is 22.5 Å². The Morgan fingerprint density at radius 1 is 1.09 bits per heavy atom. The van der Waals surface area contributed by atoms with Crippen LogP contribution in [0.15, 0.2) is 71.8 Å². The molecule has 2 aromatic carbocycles. The van der Waals surface area contributed by atoms with Gasteiger partial charge in [0.2, 0.25) is 0 Å². The summed E-state index contributed by atoms with van der Waals surface area (Å²) < 4.78 is 21.7. The molecule has 2 heterocycles. The van der Waals surface area contributed by atoms with Gasteiger partial charge in [0.1, 0.15) is 10.4 Å². The van der Waals surface area contributed by atoms with Gasteiger partial charge in [-0.1, -0.05) is 54.2 Å². The van der Waals surface area contributed by atoms with Crippen molar-refractivity contribution in [3.63, 3.8) is 0 Å². The highest BCUT2D eigenvalue weighted by Gasteiger charge is 2.32. The van der Waals surface area contributed by atoms with Crippen LogP contribution in [0.2, 0.25) is 0 Å². The fraction of sp³-hybridized carbons (Fsp3) is 0.259. The number of aromatic nitrogens is 2. The van der Waals surface area contributed by atoms with Gasteiger partial charge in [0.05, 0.1) is 11.7 Å². The van der Waals surface area contributed by atoms with E-state index in [0.29, 0.717) is 6.42 Å². The third-order valence-electron chi connectivity index (χ3n) is 5.60. The zero-order valence-electron chi connectivity index (χ0n) is 19.5. The van der Waals surface area contributed by atoms with Crippen LogP contribution >= 0.6 is 0 Å². The number of para-hydroxylation sites is 1. The summed E-state index contributed by atoms with van der Waals surface area (Å²) in [5.41, 5.74) is 6.30. The number of rotatable bonds is 7. The van der Waals surface area contributed by atoms with Crippen LogP contribution in [0.4, 0.5) is 0 Å². The summed E-state index contributed by atoms with van der Waals surface area (Å²) in [6, 6.07) is 19.7. The van der Waals surface area contributed by atoms with Crippen molar-refractivity contribution in [2.24, 2.45) is 0 Å². The van der Waals surface area contributed by atoms with Crippen LogP contribution in [0.25, 0.3) is 28.3 Å². The molecule has 0 spiro atoms. The van der Waals surface area contributed by atoms with E-state index in [1.165, 1.54) is 0 Å². The second-order valence-electron chi connectivity index (χ2n) is 9.07. The van der Waals surface area contributed by atoms with E-state index < -0.39 is 16.1 Å². The van der Waals surface area contributed by atoms with E-state index in [0.717, 1.165) is 44.7 Å². The van der Waals surface area contributed by atoms with Gasteiger partial charge in [-0.15, -0.1) is 4.72 Å². The van der Waals surface area contributed by atoms with Gasteiger partial charge in [0.15, 0.2) is 5.58 Å². The third kappa shape index (κ3) is 5.03. The first-order chi connectivity index (χ1) is 15.8. The first-order valence-electron chi connectivity index (χ1n) is 11.0. The van der Waals surface area contributed by atoms with Gasteiger partial charge in [0, 0.05) is 34.4 Å². The lowest BCUT2D eigenvalue weighted by Crippen LogP contribution is -2.42. The molecule has 2 unspecified atom stereocenters. The Balaban J connectivity index is 1.82. The van der Waals surface area contributed by atoms with Crippen molar-refractivity contribution in [2.45, 2.75) is 44.9 Å². The highest BCUT2D eigenvalue weighted by atomic mass is 32.2. The Morgan fingerprint density at radius 3 is 2.58 bits per heavy atom. The summed E-state index contributed by atoms with van der Waals surface area (Å²) >= 11 is -1.28. The molecule has 33 heavy (non-hydrogen) atoms. The summed E-state index contributed by atoms with van der Waals surface area (Å²) in [5, 5.41) is 5.33. The minimum absolute atomic E-state index is 0.247. The molecule has 0 fully saturated rings. The molecule has 0 saturated carbocycles. The largest absolute Gasteiger partial charge is 0.598 e. The topological polar surface area (TPSA) is 74.0 Å². The van der Waals surface area contributed by atoms with Gasteiger partial charge in [-0.05, 0) is 63.1 Å². The van der Waals surface area contributed by atoms with Gasteiger partial charge >= 0.3 is 0 Å². The maximum atomic E-state index is 13.2. The summed E-state index contributed by atoms with van der Waals surface area (Å²) in [6.45, 7) is 11.8. The predicted octanol–water partition coefficient (Wildman–Crippen LogP) is 6.18. The average Bonchev–Trinajstić information content (AvgIpc) is 3.23. The van der Waals surface area contributed by atoms with Crippen LogP contribution < -0.4 is 4.72 Å². The Morgan fingerprint density at radius 2 is 1.82 bits per heavy atom. The zero-order chi connectivity index (χ0) is 23.6. The monoisotopic (exact) mass is 459 g/mol. The quantitative estimate of drug-likeness (QED) is 0.334. The van der Waals surface area contributed by atoms with Gasteiger partial charge in [-0.2, -0.15) is 0 Å². The lowest BCUT2D eigenvalue weighted by Gasteiger charge is -2.29. The van der Waals surface area contributed by atoms with E-state index in [-0.39, 0.29) is 6.04 Å². The van der Waals surface area contributed by atoms with Crippen LogP contribution in [0, 0.1) is 6.92 Å². The van der Waals surface area contributed by atoms with E-state index in [1.807, 2.05) is 82.3 Å². The second kappa shape index (κ2) is 9.51. The van der Waals surface area contributed by atoms with Crippen LogP contribution in [0.3, 0.4) is 0 Å². The highest BCUT2D eigenvalue weighted by Crippen LogP contribution is 2.35. The lowest BCUT2D eigenvalue weighted by atomic mass is 9.93.